The summed E-state index contributed by atoms with van der Waals surface area (Å²) in [6.45, 7) is 1.19. The van der Waals surface area contributed by atoms with E-state index in [0.717, 1.165) is 7.48 Å². The molecular weight excluding hydrogens is 169 g/mol. The van der Waals surface area contributed by atoms with E-state index in [1.807, 2.05) is 0 Å². The van der Waals surface area contributed by atoms with Gasteiger partial charge >= 0.3 is 7.48 Å². The quantitative estimate of drug-likeness (QED) is 0.612. The molecule has 1 aliphatic heterocycles. The first-order chi connectivity index (χ1) is 6.40. The second-order valence-electron chi connectivity index (χ2n) is 2.72. The molecule has 0 aromatic carbocycles. The van der Waals surface area contributed by atoms with Crippen LogP contribution in [0, 0.1) is 0 Å². The summed E-state index contributed by atoms with van der Waals surface area (Å²) in [5.41, 5.74) is 1.39. The molecule has 2 rings (SSSR count). The summed E-state index contributed by atoms with van der Waals surface area (Å²) < 4.78 is 10.5. The van der Waals surface area contributed by atoms with Crippen molar-refractivity contribution in [3.63, 3.8) is 0 Å². The molecule has 0 aliphatic carbocycles. The van der Waals surface area contributed by atoms with Crippen LogP contribution in [0.15, 0.2) is 18.3 Å². The Morgan fingerprint density at radius 2 is 2.23 bits per heavy atom. The fourth-order valence-corrected chi connectivity index (χ4v) is 1.20. The van der Waals surface area contributed by atoms with E-state index in [4.69, 9.17) is 14.5 Å². The number of aromatic nitrogens is 1. The summed E-state index contributed by atoms with van der Waals surface area (Å²) in [7, 11) is 1.03. The number of rotatable bonds is 2. The standard InChI is InChI=1S/C8H9BNO3/c11-9-6-1-2-10-7(5-6)8-12-3-4-13-8/h1-2,5,8,11H,3-4H2. The molecule has 1 N–H and O–H groups in total. The van der Waals surface area contributed by atoms with Gasteiger partial charge in [-0.05, 0) is 12.1 Å². The van der Waals surface area contributed by atoms with E-state index < -0.39 is 0 Å². The average Bonchev–Trinajstić information content (AvgIpc) is 2.71. The van der Waals surface area contributed by atoms with Gasteiger partial charge in [0.2, 0.25) is 6.29 Å². The van der Waals surface area contributed by atoms with Crippen molar-refractivity contribution in [2.45, 2.75) is 6.29 Å². The summed E-state index contributed by atoms with van der Waals surface area (Å²) >= 11 is 0. The van der Waals surface area contributed by atoms with E-state index in [1.54, 1.807) is 18.3 Å². The van der Waals surface area contributed by atoms with Gasteiger partial charge in [-0.25, -0.2) is 0 Å². The summed E-state index contributed by atoms with van der Waals surface area (Å²) in [5, 5.41) is 8.77. The molecule has 0 unspecified atom stereocenters. The Balaban J connectivity index is 2.18. The lowest BCUT2D eigenvalue weighted by Crippen LogP contribution is -2.16. The van der Waals surface area contributed by atoms with Crippen molar-refractivity contribution in [2.24, 2.45) is 0 Å². The maximum absolute atomic E-state index is 8.77. The molecule has 5 heteroatoms. The van der Waals surface area contributed by atoms with E-state index in [9.17, 15) is 0 Å². The van der Waals surface area contributed by atoms with Gasteiger partial charge in [0.05, 0.1) is 18.9 Å². The molecule has 0 amide bonds. The topological polar surface area (TPSA) is 51.6 Å². The lowest BCUT2D eigenvalue weighted by atomic mass is 9.89. The van der Waals surface area contributed by atoms with Crippen molar-refractivity contribution >= 4 is 12.9 Å². The van der Waals surface area contributed by atoms with Gasteiger partial charge in [-0.15, -0.1) is 0 Å². The molecule has 1 fully saturated rings. The maximum atomic E-state index is 8.77. The fourth-order valence-electron chi connectivity index (χ4n) is 1.20. The minimum Gasteiger partial charge on any atom is -0.450 e. The number of nitrogens with zero attached hydrogens (tertiary/aromatic N) is 1. The Kier molecular flexibility index (Phi) is 2.58. The Bertz CT molecular complexity index is 288. The Hall–Kier alpha value is -0.905. The first-order valence-corrected chi connectivity index (χ1v) is 4.07. The van der Waals surface area contributed by atoms with Crippen molar-refractivity contribution < 1.29 is 14.5 Å². The second-order valence-corrected chi connectivity index (χ2v) is 2.72. The lowest BCUT2D eigenvalue weighted by Gasteiger charge is -2.08. The maximum Gasteiger partial charge on any atom is 0.326 e. The molecule has 1 radical (unpaired) electrons. The van der Waals surface area contributed by atoms with Crippen molar-refractivity contribution in [1.29, 1.82) is 0 Å². The predicted molar refractivity (Wildman–Crippen MR) is 46.5 cm³/mol. The van der Waals surface area contributed by atoms with Gasteiger partial charge < -0.3 is 14.5 Å². The molecule has 1 saturated heterocycles. The van der Waals surface area contributed by atoms with Gasteiger partial charge in [-0.1, -0.05) is 5.46 Å². The van der Waals surface area contributed by atoms with E-state index >= 15 is 0 Å². The zero-order chi connectivity index (χ0) is 9.10. The predicted octanol–water partition coefficient (Wildman–Crippen LogP) is -0.636. The van der Waals surface area contributed by atoms with Gasteiger partial charge in [0.1, 0.15) is 0 Å². The largest absolute Gasteiger partial charge is 0.450 e. The number of ether oxygens (including phenoxy) is 2. The second kappa shape index (κ2) is 3.87. The molecule has 4 nitrogen and oxygen atoms in total. The molecule has 0 saturated carbocycles. The minimum absolute atomic E-state index is 0.375. The van der Waals surface area contributed by atoms with Crippen LogP contribution in [0.4, 0.5) is 0 Å². The average molecular weight is 178 g/mol. The highest BCUT2D eigenvalue weighted by molar-refractivity contribution is 6.45. The molecule has 1 aliphatic rings. The summed E-state index contributed by atoms with van der Waals surface area (Å²) in [6, 6.07) is 3.44. The van der Waals surface area contributed by atoms with Crippen LogP contribution in [0.25, 0.3) is 0 Å². The molecule has 0 spiro atoms. The van der Waals surface area contributed by atoms with Crippen LogP contribution in [0.5, 0.6) is 0 Å². The van der Waals surface area contributed by atoms with Crippen molar-refractivity contribution in [2.75, 3.05) is 13.2 Å². The van der Waals surface area contributed by atoms with Crippen LogP contribution in [0.1, 0.15) is 12.0 Å². The van der Waals surface area contributed by atoms with Crippen LogP contribution < -0.4 is 5.46 Å². The highest BCUT2D eigenvalue weighted by Gasteiger charge is 2.19. The third kappa shape index (κ3) is 1.88. The monoisotopic (exact) mass is 178 g/mol. The van der Waals surface area contributed by atoms with Crippen LogP contribution in [-0.4, -0.2) is 30.7 Å². The van der Waals surface area contributed by atoms with E-state index in [2.05, 4.69) is 4.98 Å². The Morgan fingerprint density at radius 1 is 1.46 bits per heavy atom. The van der Waals surface area contributed by atoms with Crippen molar-refractivity contribution in [3.8, 4) is 0 Å². The number of pyridine rings is 1. The van der Waals surface area contributed by atoms with Crippen LogP contribution in [0.2, 0.25) is 0 Å². The summed E-state index contributed by atoms with van der Waals surface area (Å²) in [6.07, 6.45) is 1.24. The van der Waals surface area contributed by atoms with Gasteiger partial charge in [0.25, 0.3) is 0 Å². The normalized spacial score (nSPS) is 17.6. The first kappa shape index (κ1) is 8.68. The molecule has 1 aromatic heterocycles. The summed E-state index contributed by atoms with van der Waals surface area (Å²) in [5.74, 6) is 0. The molecule has 2 heterocycles. The molecule has 0 bridgehead atoms. The molecule has 1 aromatic rings. The highest BCUT2D eigenvalue weighted by atomic mass is 16.7. The number of hydrogen-bond acceptors (Lipinski definition) is 4. The smallest absolute Gasteiger partial charge is 0.326 e. The minimum atomic E-state index is -0.375. The van der Waals surface area contributed by atoms with Gasteiger partial charge in [-0.3, -0.25) is 4.98 Å². The van der Waals surface area contributed by atoms with Crippen LogP contribution in [0.3, 0.4) is 0 Å². The van der Waals surface area contributed by atoms with E-state index in [0.29, 0.717) is 24.4 Å². The zero-order valence-electron chi connectivity index (χ0n) is 7.01. The first-order valence-electron chi connectivity index (χ1n) is 4.07. The fraction of sp³-hybridized carbons (Fsp3) is 0.375. The third-order valence-electron chi connectivity index (χ3n) is 1.82. The van der Waals surface area contributed by atoms with E-state index in [-0.39, 0.29) is 6.29 Å². The van der Waals surface area contributed by atoms with E-state index in [1.165, 1.54) is 0 Å². The molecule has 13 heavy (non-hydrogen) atoms. The van der Waals surface area contributed by atoms with Gasteiger partial charge in [0, 0.05) is 6.20 Å². The highest BCUT2D eigenvalue weighted by Crippen LogP contribution is 2.19. The third-order valence-corrected chi connectivity index (χ3v) is 1.82. The zero-order valence-corrected chi connectivity index (χ0v) is 7.01. The Labute approximate surface area is 76.8 Å². The Morgan fingerprint density at radius 3 is 2.92 bits per heavy atom. The molecule has 67 valence electrons. The SMILES string of the molecule is O[B]c1ccnc(C2OCCO2)c1. The lowest BCUT2D eigenvalue weighted by molar-refractivity contribution is -0.0472. The van der Waals surface area contributed by atoms with Crippen molar-refractivity contribution in [1.82, 2.24) is 4.98 Å². The molecular formula is C8H9BNO3. The molecule has 0 atom stereocenters. The van der Waals surface area contributed by atoms with Crippen molar-refractivity contribution in [3.05, 3.63) is 24.0 Å². The van der Waals surface area contributed by atoms with Crippen LogP contribution in [-0.2, 0) is 9.47 Å². The van der Waals surface area contributed by atoms with Gasteiger partial charge in [-0.2, -0.15) is 0 Å². The van der Waals surface area contributed by atoms with Gasteiger partial charge in [0.15, 0.2) is 0 Å². The summed E-state index contributed by atoms with van der Waals surface area (Å²) in [4.78, 5) is 4.09. The number of hydrogen-bond donors (Lipinski definition) is 1. The van der Waals surface area contributed by atoms with Crippen LogP contribution >= 0.6 is 0 Å².